The minimum absolute atomic E-state index is 0. The SMILES string of the molecule is CC(CCc1ccc(OC(=O)C(C)C)cc1)NCCc1ccc(OC(=O)C(C)C)c(OC(=O)C(C)C)c1.Cl. The highest BCUT2D eigenvalue weighted by Gasteiger charge is 2.18. The zero-order valence-electron chi connectivity index (χ0n) is 23.5. The smallest absolute Gasteiger partial charge is 0.313 e. The van der Waals surface area contributed by atoms with Gasteiger partial charge < -0.3 is 19.5 Å². The molecule has 7 nitrogen and oxygen atoms in total. The number of aryl methyl sites for hydroxylation is 1. The van der Waals surface area contributed by atoms with Crippen molar-refractivity contribution in [2.75, 3.05) is 6.54 Å². The summed E-state index contributed by atoms with van der Waals surface area (Å²) >= 11 is 0. The molecule has 0 bridgehead atoms. The lowest BCUT2D eigenvalue weighted by Gasteiger charge is -2.16. The van der Waals surface area contributed by atoms with Gasteiger partial charge in [-0.3, -0.25) is 14.4 Å². The summed E-state index contributed by atoms with van der Waals surface area (Å²) < 4.78 is 16.3. The topological polar surface area (TPSA) is 90.9 Å². The second-order valence-corrected chi connectivity index (χ2v) is 10.3. The van der Waals surface area contributed by atoms with Gasteiger partial charge in [-0.05, 0) is 68.1 Å². The van der Waals surface area contributed by atoms with Crippen LogP contribution in [-0.4, -0.2) is 30.5 Å². The molecule has 0 aliphatic rings. The molecule has 8 heteroatoms. The molecule has 0 fully saturated rings. The molecule has 2 aromatic rings. The first-order chi connectivity index (χ1) is 17.5. The molecule has 0 saturated heterocycles. The van der Waals surface area contributed by atoms with Gasteiger partial charge in [0.15, 0.2) is 11.5 Å². The zero-order valence-corrected chi connectivity index (χ0v) is 24.4. The van der Waals surface area contributed by atoms with Gasteiger partial charge in [0.2, 0.25) is 0 Å². The molecule has 38 heavy (non-hydrogen) atoms. The van der Waals surface area contributed by atoms with Crippen LogP contribution in [0.5, 0.6) is 17.2 Å². The third-order valence-corrected chi connectivity index (χ3v) is 5.76. The monoisotopic (exact) mass is 547 g/mol. The number of ether oxygens (including phenoxy) is 3. The summed E-state index contributed by atoms with van der Waals surface area (Å²) in [6, 6.07) is 13.3. The summed E-state index contributed by atoms with van der Waals surface area (Å²) in [6.07, 6.45) is 2.58. The lowest BCUT2D eigenvalue weighted by Crippen LogP contribution is -2.28. The molecule has 0 spiro atoms. The third kappa shape index (κ3) is 11.2. The van der Waals surface area contributed by atoms with E-state index >= 15 is 0 Å². The van der Waals surface area contributed by atoms with E-state index in [2.05, 4.69) is 12.2 Å². The summed E-state index contributed by atoms with van der Waals surface area (Å²) in [4.78, 5) is 36.0. The van der Waals surface area contributed by atoms with E-state index in [9.17, 15) is 14.4 Å². The standard InChI is InChI=1S/C30H41NO6.ClH/c1-19(2)28(32)35-25-13-10-23(11-14-25)9-8-22(7)31-17-16-24-12-15-26(36-29(33)20(3)4)27(18-24)37-30(34)21(5)6;/h10-15,18-22,31H,8-9,16-17H2,1-7H3;1H. The average molecular weight is 548 g/mol. The van der Waals surface area contributed by atoms with Crippen molar-refractivity contribution in [2.45, 2.75) is 73.8 Å². The first-order valence-electron chi connectivity index (χ1n) is 13.1. The van der Waals surface area contributed by atoms with Crippen molar-refractivity contribution in [3.8, 4) is 17.2 Å². The molecule has 2 aromatic carbocycles. The van der Waals surface area contributed by atoms with E-state index in [-0.39, 0.29) is 59.6 Å². The van der Waals surface area contributed by atoms with Crippen LogP contribution in [0.15, 0.2) is 42.5 Å². The van der Waals surface area contributed by atoms with Gasteiger partial charge in [-0.25, -0.2) is 0 Å². The van der Waals surface area contributed by atoms with Gasteiger partial charge in [-0.15, -0.1) is 12.4 Å². The van der Waals surface area contributed by atoms with E-state index in [4.69, 9.17) is 14.2 Å². The Morgan fingerprint density at radius 3 is 1.71 bits per heavy atom. The maximum absolute atomic E-state index is 12.2. The number of carbonyl (C=O) groups is 3. The second kappa shape index (κ2) is 16.1. The van der Waals surface area contributed by atoms with Crippen LogP contribution < -0.4 is 19.5 Å². The summed E-state index contributed by atoms with van der Waals surface area (Å²) in [5, 5.41) is 3.53. The number of carbonyl (C=O) groups excluding carboxylic acids is 3. The number of halogens is 1. The van der Waals surface area contributed by atoms with Gasteiger partial charge in [0.05, 0.1) is 17.8 Å². The highest BCUT2D eigenvalue weighted by atomic mass is 35.5. The van der Waals surface area contributed by atoms with Crippen LogP contribution in [0.2, 0.25) is 0 Å². The van der Waals surface area contributed by atoms with E-state index in [0.29, 0.717) is 11.8 Å². The Balaban J connectivity index is 0.00000722. The fourth-order valence-corrected chi connectivity index (χ4v) is 3.23. The minimum Gasteiger partial charge on any atom is -0.426 e. The number of benzene rings is 2. The number of esters is 3. The van der Waals surface area contributed by atoms with Gasteiger partial charge >= 0.3 is 17.9 Å². The lowest BCUT2D eigenvalue weighted by molar-refractivity contribution is -0.140. The molecule has 0 heterocycles. The third-order valence-electron chi connectivity index (χ3n) is 5.76. The predicted octanol–water partition coefficient (Wildman–Crippen LogP) is 5.95. The molecule has 1 unspecified atom stereocenters. The molecule has 2 rings (SSSR count). The summed E-state index contributed by atoms with van der Waals surface area (Å²) in [6.45, 7) is 13.5. The molecule has 0 amide bonds. The maximum atomic E-state index is 12.2. The number of rotatable bonds is 13. The molecule has 0 radical (unpaired) electrons. The van der Waals surface area contributed by atoms with Gasteiger partial charge in [0.25, 0.3) is 0 Å². The van der Waals surface area contributed by atoms with Crippen LogP contribution in [0.4, 0.5) is 0 Å². The largest absolute Gasteiger partial charge is 0.426 e. The Kier molecular flexibility index (Phi) is 14.1. The molecular formula is C30H42ClNO6. The molecule has 0 aliphatic carbocycles. The predicted molar refractivity (Wildman–Crippen MR) is 151 cm³/mol. The first kappa shape index (κ1) is 33.1. The van der Waals surface area contributed by atoms with Crippen LogP contribution in [0.1, 0.15) is 66.0 Å². The lowest BCUT2D eigenvalue weighted by atomic mass is 10.1. The van der Waals surface area contributed by atoms with Crippen LogP contribution in [-0.2, 0) is 27.2 Å². The van der Waals surface area contributed by atoms with Crippen molar-refractivity contribution in [2.24, 2.45) is 17.8 Å². The quantitative estimate of drug-likeness (QED) is 0.245. The van der Waals surface area contributed by atoms with E-state index in [1.807, 2.05) is 44.2 Å². The van der Waals surface area contributed by atoms with Gasteiger partial charge in [0.1, 0.15) is 5.75 Å². The Labute approximate surface area is 233 Å². The molecular weight excluding hydrogens is 506 g/mol. The Bertz CT molecular complexity index is 1050. The van der Waals surface area contributed by atoms with Crippen LogP contribution in [0.3, 0.4) is 0 Å². The Morgan fingerprint density at radius 1 is 0.658 bits per heavy atom. The van der Waals surface area contributed by atoms with Crippen LogP contribution in [0, 0.1) is 17.8 Å². The fraction of sp³-hybridized carbons (Fsp3) is 0.500. The summed E-state index contributed by atoms with van der Waals surface area (Å²) in [7, 11) is 0. The number of hydrogen-bond donors (Lipinski definition) is 1. The van der Waals surface area contributed by atoms with Gasteiger partial charge in [-0.2, -0.15) is 0 Å². The fourth-order valence-electron chi connectivity index (χ4n) is 3.23. The molecule has 0 aromatic heterocycles. The molecule has 0 aliphatic heterocycles. The molecule has 0 saturated carbocycles. The highest BCUT2D eigenvalue weighted by Crippen LogP contribution is 2.30. The minimum atomic E-state index is -0.378. The van der Waals surface area contributed by atoms with E-state index in [0.717, 1.165) is 31.4 Å². The summed E-state index contributed by atoms with van der Waals surface area (Å²) in [5.74, 6) is -0.658. The zero-order chi connectivity index (χ0) is 27.5. The van der Waals surface area contributed by atoms with Crippen molar-refractivity contribution >= 4 is 30.3 Å². The van der Waals surface area contributed by atoms with Crippen molar-refractivity contribution in [3.63, 3.8) is 0 Å². The van der Waals surface area contributed by atoms with Gasteiger partial charge in [0, 0.05) is 6.04 Å². The van der Waals surface area contributed by atoms with E-state index < -0.39 is 0 Å². The molecule has 1 atom stereocenters. The second-order valence-electron chi connectivity index (χ2n) is 10.3. The van der Waals surface area contributed by atoms with Crippen molar-refractivity contribution in [1.29, 1.82) is 0 Å². The molecule has 210 valence electrons. The molecule has 1 N–H and O–H groups in total. The van der Waals surface area contributed by atoms with Crippen molar-refractivity contribution in [1.82, 2.24) is 5.32 Å². The van der Waals surface area contributed by atoms with Crippen molar-refractivity contribution < 1.29 is 28.6 Å². The number of nitrogens with one attached hydrogen (secondary N) is 1. The van der Waals surface area contributed by atoms with Crippen LogP contribution >= 0.6 is 12.4 Å². The van der Waals surface area contributed by atoms with Crippen molar-refractivity contribution in [3.05, 3.63) is 53.6 Å². The summed E-state index contributed by atoms with van der Waals surface area (Å²) in [5.41, 5.74) is 2.16. The van der Waals surface area contributed by atoms with Crippen LogP contribution in [0.25, 0.3) is 0 Å². The normalized spacial score (nSPS) is 11.7. The Morgan fingerprint density at radius 2 is 1.16 bits per heavy atom. The van der Waals surface area contributed by atoms with E-state index in [1.165, 1.54) is 5.56 Å². The van der Waals surface area contributed by atoms with E-state index in [1.54, 1.807) is 39.8 Å². The Hall–Kier alpha value is -2.90. The average Bonchev–Trinajstić information content (AvgIpc) is 2.84. The first-order valence-corrected chi connectivity index (χ1v) is 13.1. The number of hydrogen-bond acceptors (Lipinski definition) is 7. The van der Waals surface area contributed by atoms with Gasteiger partial charge in [-0.1, -0.05) is 59.7 Å². The highest BCUT2D eigenvalue weighted by molar-refractivity contribution is 5.85. The maximum Gasteiger partial charge on any atom is 0.313 e.